The molecule has 0 fully saturated rings. The summed E-state index contributed by atoms with van der Waals surface area (Å²) in [4.78, 5) is 21.9. The maximum atomic E-state index is 11.0. The molecule has 108 valence electrons. The quantitative estimate of drug-likeness (QED) is 0.842. The lowest BCUT2D eigenvalue weighted by molar-refractivity contribution is -0.140. The van der Waals surface area contributed by atoms with Gasteiger partial charge in [-0.15, -0.1) is 0 Å². The van der Waals surface area contributed by atoms with E-state index in [0.717, 1.165) is 12.2 Å². The third kappa shape index (κ3) is 4.00. The molecule has 0 aromatic heterocycles. The number of carboxylic acids is 1. The second kappa shape index (κ2) is 6.79. The summed E-state index contributed by atoms with van der Waals surface area (Å²) in [6.07, 6.45) is 3.55. The Morgan fingerprint density at radius 3 is 2.80 bits per heavy atom. The van der Waals surface area contributed by atoms with Crippen molar-refractivity contribution in [2.45, 2.75) is 38.0 Å². The number of hydrogen-bond donors (Lipinski definition) is 2. The summed E-state index contributed by atoms with van der Waals surface area (Å²) in [6.45, 7) is 1.33. The minimum Gasteiger partial charge on any atom is -0.480 e. The van der Waals surface area contributed by atoms with E-state index in [0.29, 0.717) is 5.75 Å². The fourth-order valence-electron chi connectivity index (χ4n) is 2.43. The van der Waals surface area contributed by atoms with E-state index in [9.17, 15) is 9.59 Å². The van der Waals surface area contributed by atoms with Crippen molar-refractivity contribution < 1.29 is 14.7 Å². The highest BCUT2D eigenvalue weighted by molar-refractivity contribution is 7.98. The van der Waals surface area contributed by atoms with Gasteiger partial charge in [-0.2, -0.15) is 11.8 Å². The standard InChI is InChI=1S/C15H19NO3S/c1-10(17)16-14(15(18)19)9-20-8-11-5-6-12-3-2-4-13(12)7-11/h5-7,14H,2-4,8-9H2,1H3,(H,16,17)(H,18,19)/t14-/m0/s1. The molecule has 0 spiro atoms. The fourth-order valence-corrected chi connectivity index (χ4v) is 3.42. The van der Waals surface area contributed by atoms with Gasteiger partial charge in [-0.05, 0) is 36.0 Å². The predicted molar refractivity (Wildman–Crippen MR) is 79.9 cm³/mol. The van der Waals surface area contributed by atoms with Crippen molar-refractivity contribution in [2.75, 3.05) is 5.75 Å². The molecular formula is C15H19NO3S. The largest absolute Gasteiger partial charge is 0.480 e. The Kier molecular flexibility index (Phi) is 5.06. The van der Waals surface area contributed by atoms with Crippen molar-refractivity contribution >= 4 is 23.6 Å². The minimum absolute atomic E-state index is 0.310. The van der Waals surface area contributed by atoms with E-state index < -0.39 is 12.0 Å². The Bertz CT molecular complexity index is 516. The van der Waals surface area contributed by atoms with Crippen molar-refractivity contribution in [1.82, 2.24) is 5.32 Å². The summed E-state index contributed by atoms with van der Waals surface area (Å²) in [6, 6.07) is 5.71. The Balaban J connectivity index is 1.85. The van der Waals surface area contributed by atoms with Gasteiger partial charge in [-0.25, -0.2) is 4.79 Å². The van der Waals surface area contributed by atoms with Crippen LogP contribution < -0.4 is 5.32 Å². The molecule has 0 saturated carbocycles. The van der Waals surface area contributed by atoms with Crippen LogP contribution in [0.5, 0.6) is 0 Å². The molecule has 0 unspecified atom stereocenters. The third-order valence-electron chi connectivity index (χ3n) is 3.39. The fraction of sp³-hybridized carbons (Fsp3) is 0.467. The summed E-state index contributed by atoms with van der Waals surface area (Å²) in [7, 11) is 0. The molecule has 0 saturated heterocycles. The first-order valence-corrected chi connectivity index (χ1v) is 7.90. The maximum absolute atomic E-state index is 11.0. The van der Waals surface area contributed by atoms with E-state index in [1.807, 2.05) is 0 Å². The van der Waals surface area contributed by atoms with Crippen LogP contribution in [0.2, 0.25) is 0 Å². The van der Waals surface area contributed by atoms with Crippen LogP contribution in [0.25, 0.3) is 0 Å². The Morgan fingerprint density at radius 2 is 2.10 bits per heavy atom. The molecule has 0 radical (unpaired) electrons. The van der Waals surface area contributed by atoms with Crippen molar-refractivity contribution in [2.24, 2.45) is 0 Å². The van der Waals surface area contributed by atoms with E-state index in [2.05, 4.69) is 23.5 Å². The molecule has 1 aliphatic carbocycles. The number of carboxylic acid groups (broad SMARTS) is 1. The van der Waals surface area contributed by atoms with Gasteiger partial charge in [0.25, 0.3) is 0 Å². The van der Waals surface area contributed by atoms with Crippen LogP contribution in [-0.2, 0) is 28.2 Å². The number of thioether (sulfide) groups is 1. The molecule has 2 rings (SSSR count). The van der Waals surface area contributed by atoms with Gasteiger partial charge in [-0.3, -0.25) is 4.79 Å². The minimum atomic E-state index is -0.985. The number of nitrogens with one attached hydrogen (secondary N) is 1. The number of carbonyl (C=O) groups excluding carboxylic acids is 1. The van der Waals surface area contributed by atoms with E-state index in [1.54, 1.807) is 0 Å². The number of benzene rings is 1. The van der Waals surface area contributed by atoms with Crippen LogP contribution in [0, 0.1) is 0 Å². The highest BCUT2D eigenvalue weighted by Gasteiger charge is 2.18. The Hall–Kier alpha value is -1.49. The monoisotopic (exact) mass is 293 g/mol. The number of aliphatic carboxylic acids is 1. The van der Waals surface area contributed by atoms with Crippen LogP contribution >= 0.6 is 11.8 Å². The van der Waals surface area contributed by atoms with Crippen molar-refractivity contribution in [3.8, 4) is 0 Å². The second-order valence-corrected chi connectivity index (χ2v) is 6.09. The number of rotatable bonds is 6. The number of aryl methyl sites for hydroxylation is 2. The van der Waals surface area contributed by atoms with Crippen molar-refractivity contribution in [1.29, 1.82) is 0 Å². The molecule has 4 nitrogen and oxygen atoms in total. The summed E-state index contributed by atoms with van der Waals surface area (Å²) in [5.74, 6) is -0.139. The predicted octanol–water partition coefficient (Wildman–Crippen LogP) is 2.00. The summed E-state index contributed by atoms with van der Waals surface area (Å²) >= 11 is 1.53. The molecule has 2 N–H and O–H groups in total. The van der Waals surface area contributed by atoms with Crippen molar-refractivity contribution in [3.05, 3.63) is 34.9 Å². The number of amides is 1. The molecule has 1 aliphatic rings. The average Bonchev–Trinajstić information content (AvgIpc) is 2.84. The molecule has 5 heteroatoms. The maximum Gasteiger partial charge on any atom is 0.327 e. The first kappa shape index (κ1) is 14.9. The smallest absolute Gasteiger partial charge is 0.327 e. The second-order valence-electron chi connectivity index (χ2n) is 5.06. The van der Waals surface area contributed by atoms with Gasteiger partial charge in [0.2, 0.25) is 5.91 Å². The molecule has 1 atom stereocenters. The lowest BCUT2D eigenvalue weighted by Crippen LogP contribution is -2.41. The van der Waals surface area contributed by atoms with Crippen LogP contribution in [0.3, 0.4) is 0 Å². The number of fused-ring (bicyclic) bond motifs is 1. The van der Waals surface area contributed by atoms with Crippen LogP contribution in [0.15, 0.2) is 18.2 Å². The highest BCUT2D eigenvalue weighted by Crippen LogP contribution is 2.24. The molecular weight excluding hydrogens is 274 g/mol. The molecule has 0 aliphatic heterocycles. The molecule has 0 heterocycles. The molecule has 0 bridgehead atoms. The zero-order valence-corrected chi connectivity index (χ0v) is 12.3. The lowest BCUT2D eigenvalue weighted by atomic mass is 10.1. The Labute approximate surface area is 123 Å². The van der Waals surface area contributed by atoms with Crippen LogP contribution in [-0.4, -0.2) is 28.8 Å². The summed E-state index contributed by atoms with van der Waals surface area (Å²) < 4.78 is 0. The van der Waals surface area contributed by atoms with E-state index in [4.69, 9.17) is 5.11 Å². The van der Waals surface area contributed by atoms with E-state index in [1.165, 1.54) is 48.2 Å². The van der Waals surface area contributed by atoms with Gasteiger partial charge in [0.15, 0.2) is 0 Å². The highest BCUT2D eigenvalue weighted by atomic mass is 32.2. The van der Waals surface area contributed by atoms with Gasteiger partial charge in [0.1, 0.15) is 6.04 Å². The summed E-state index contributed by atoms with van der Waals surface area (Å²) in [5, 5.41) is 11.5. The zero-order chi connectivity index (χ0) is 14.5. The van der Waals surface area contributed by atoms with E-state index in [-0.39, 0.29) is 5.91 Å². The van der Waals surface area contributed by atoms with Gasteiger partial charge < -0.3 is 10.4 Å². The number of carbonyl (C=O) groups is 2. The zero-order valence-electron chi connectivity index (χ0n) is 11.5. The lowest BCUT2D eigenvalue weighted by Gasteiger charge is -2.13. The topological polar surface area (TPSA) is 66.4 Å². The van der Waals surface area contributed by atoms with Gasteiger partial charge in [-0.1, -0.05) is 18.2 Å². The molecule has 20 heavy (non-hydrogen) atoms. The SMILES string of the molecule is CC(=O)N[C@@H](CSCc1ccc2c(c1)CCC2)C(=O)O. The number of hydrogen-bond acceptors (Lipinski definition) is 3. The normalized spacial score (nSPS) is 14.7. The first-order valence-electron chi connectivity index (χ1n) is 6.74. The average molecular weight is 293 g/mol. The third-order valence-corrected chi connectivity index (χ3v) is 4.50. The van der Waals surface area contributed by atoms with Crippen LogP contribution in [0.4, 0.5) is 0 Å². The molecule has 1 amide bonds. The van der Waals surface area contributed by atoms with Crippen molar-refractivity contribution in [3.63, 3.8) is 0 Å². The Morgan fingerprint density at radius 1 is 1.35 bits per heavy atom. The van der Waals surface area contributed by atoms with E-state index >= 15 is 0 Å². The molecule has 1 aromatic rings. The van der Waals surface area contributed by atoms with Gasteiger partial charge in [0.05, 0.1) is 0 Å². The summed E-state index contributed by atoms with van der Waals surface area (Å²) in [5.41, 5.74) is 4.10. The molecule has 1 aromatic carbocycles. The van der Waals surface area contributed by atoms with Gasteiger partial charge >= 0.3 is 5.97 Å². The van der Waals surface area contributed by atoms with Gasteiger partial charge in [0, 0.05) is 18.4 Å². The first-order chi connectivity index (χ1) is 9.56. The van der Waals surface area contributed by atoms with Crippen LogP contribution in [0.1, 0.15) is 30.0 Å².